The Morgan fingerprint density at radius 2 is 2.00 bits per heavy atom. The molecule has 1 aliphatic rings. The van der Waals surface area contributed by atoms with E-state index in [0.29, 0.717) is 10.7 Å². The molecule has 8 nitrogen and oxygen atoms in total. The Morgan fingerprint density at radius 3 is 2.62 bits per heavy atom. The standard InChI is InChI=1S/C17H16ClN3O5/c1-24-16(22)12-8-26-10-21(15(12)17(23)25-2)11-3-4-14(13(18)7-11)20-6-5-19-9-20/h3-7,9H,8,10H2,1-2H3. The molecule has 0 aliphatic carbocycles. The van der Waals surface area contributed by atoms with E-state index < -0.39 is 11.9 Å². The minimum Gasteiger partial charge on any atom is -0.466 e. The van der Waals surface area contributed by atoms with E-state index in [4.69, 9.17) is 25.8 Å². The lowest BCUT2D eigenvalue weighted by Crippen LogP contribution is -2.38. The summed E-state index contributed by atoms with van der Waals surface area (Å²) in [7, 11) is 2.48. The molecule has 0 atom stereocenters. The third-order valence-electron chi connectivity index (χ3n) is 3.86. The predicted octanol–water partition coefficient (Wildman–Crippen LogP) is 1.92. The van der Waals surface area contributed by atoms with Crippen molar-refractivity contribution in [3.63, 3.8) is 0 Å². The molecular formula is C17H16ClN3O5. The second-order valence-corrected chi connectivity index (χ2v) is 5.73. The van der Waals surface area contributed by atoms with Crippen LogP contribution in [-0.4, -0.2) is 49.0 Å². The summed E-state index contributed by atoms with van der Waals surface area (Å²) in [5.41, 5.74) is 1.44. The normalized spacial score (nSPS) is 14.3. The van der Waals surface area contributed by atoms with Gasteiger partial charge in [0.15, 0.2) is 0 Å². The Hall–Kier alpha value is -2.84. The Morgan fingerprint density at radius 1 is 1.23 bits per heavy atom. The Balaban J connectivity index is 2.05. The Bertz CT molecular complexity index is 863. The van der Waals surface area contributed by atoms with Gasteiger partial charge in [-0.3, -0.25) is 0 Å². The molecule has 1 aliphatic heterocycles. The molecule has 0 unspecified atom stereocenters. The molecule has 1 aromatic carbocycles. The van der Waals surface area contributed by atoms with Crippen LogP contribution in [0, 0.1) is 0 Å². The first-order chi connectivity index (χ1) is 12.6. The first-order valence-corrected chi connectivity index (χ1v) is 7.97. The molecule has 0 saturated heterocycles. The maximum absolute atomic E-state index is 12.3. The molecule has 9 heteroatoms. The number of carbonyl (C=O) groups excluding carboxylic acids is 2. The largest absolute Gasteiger partial charge is 0.466 e. The first kappa shape index (κ1) is 18.0. The van der Waals surface area contributed by atoms with E-state index in [1.165, 1.54) is 19.1 Å². The summed E-state index contributed by atoms with van der Waals surface area (Å²) in [6, 6.07) is 5.21. The van der Waals surface area contributed by atoms with Gasteiger partial charge in [0, 0.05) is 18.1 Å². The number of nitrogens with zero attached hydrogens (tertiary/aromatic N) is 3. The molecule has 1 aromatic heterocycles. The second-order valence-electron chi connectivity index (χ2n) is 5.32. The first-order valence-electron chi connectivity index (χ1n) is 7.59. The lowest BCUT2D eigenvalue weighted by Gasteiger charge is -2.31. The van der Waals surface area contributed by atoms with Crippen LogP contribution >= 0.6 is 11.6 Å². The van der Waals surface area contributed by atoms with Gasteiger partial charge in [-0.1, -0.05) is 11.6 Å². The van der Waals surface area contributed by atoms with Crippen molar-refractivity contribution in [3.8, 4) is 5.69 Å². The number of ether oxygens (including phenoxy) is 3. The number of hydrogen-bond donors (Lipinski definition) is 0. The lowest BCUT2D eigenvalue weighted by molar-refractivity contribution is -0.140. The molecule has 3 rings (SSSR count). The molecule has 136 valence electrons. The highest BCUT2D eigenvalue weighted by Gasteiger charge is 2.32. The van der Waals surface area contributed by atoms with Crippen LogP contribution in [0.1, 0.15) is 0 Å². The summed E-state index contributed by atoms with van der Waals surface area (Å²) < 4.78 is 16.8. The fraction of sp³-hybridized carbons (Fsp3) is 0.235. The Kier molecular flexibility index (Phi) is 5.24. The number of anilines is 1. The topological polar surface area (TPSA) is 82.9 Å². The van der Waals surface area contributed by atoms with Crippen molar-refractivity contribution in [2.75, 3.05) is 32.5 Å². The van der Waals surface area contributed by atoms with Gasteiger partial charge in [-0.2, -0.15) is 0 Å². The highest BCUT2D eigenvalue weighted by molar-refractivity contribution is 6.32. The smallest absolute Gasteiger partial charge is 0.355 e. The minimum absolute atomic E-state index is 0.0472. The van der Waals surface area contributed by atoms with Gasteiger partial charge < -0.3 is 23.7 Å². The van der Waals surface area contributed by atoms with Gasteiger partial charge in [-0.05, 0) is 18.2 Å². The highest BCUT2D eigenvalue weighted by Crippen LogP contribution is 2.31. The summed E-state index contributed by atoms with van der Waals surface area (Å²) in [5.74, 6) is -1.32. The van der Waals surface area contributed by atoms with Crippen LogP contribution in [0.25, 0.3) is 5.69 Å². The van der Waals surface area contributed by atoms with Gasteiger partial charge in [0.2, 0.25) is 0 Å². The maximum Gasteiger partial charge on any atom is 0.355 e. The van der Waals surface area contributed by atoms with Gasteiger partial charge in [0.1, 0.15) is 12.4 Å². The molecular weight excluding hydrogens is 362 g/mol. The molecule has 2 aromatic rings. The van der Waals surface area contributed by atoms with E-state index in [1.807, 2.05) is 0 Å². The van der Waals surface area contributed by atoms with Crippen molar-refractivity contribution in [2.45, 2.75) is 0 Å². The van der Waals surface area contributed by atoms with Crippen LogP contribution in [0.15, 0.2) is 48.2 Å². The fourth-order valence-electron chi connectivity index (χ4n) is 2.62. The number of aromatic nitrogens is 2. The minimum atomic E-state index is -0.663. The number of esters is 2. The zero-order chi connectivity index (χ0) is 18.7. The van der Waals surface area contributed by atoms with Crippen molar-refractivity contribution in [3.05, 3.63) is 53.2 Å². The van der Waals surface area contributed by atoms with Gasteiger partial charge in [0.05, 0.1) is 43.4 Å². The predicted molar refractivity (Wildman–Crippen MR) is 92.9 cm³/mol. The zero-order valence-electron chi connectivity index (χ0n) is 14.1. The van der Waals surface area contributed by atoms with E-state index in [9.17, 15) is 9.59 Å². The van der Waals surface area contributed by atoms with Crippen LogP contribution in [0.2, 0.25) is 5.02 Å². The summed E-state index contributed by atoms with van der Waals surface area (Å²) in [6.07, 6.45) is 5.03. The van der Waals surface area contributed by atoms with Gasteiger partial charge >= 0.3 is 11.9 Å². The van der Waals surface area contributed by atoms with Crippen molar-refractivity contribution in [1.82, 2.24) is 9.55 Å². The number of hydrogen-bond acceptors (Lipinski definition) is 7. The van der Waals surface area contributed by atoms with Gasteiger partial charge in [-0.15, -0.1) is 0 Å². The summed E-state index contributed by atoms with van der Waals surface area (Å²) in [4.78, 5) is 29.8. The summed E-state index contributed by atoms with van der Waals surface area (Å²) in [6.45, 7) is 0.0140. The lowest BCUT2D eigenvalue weighted by atomic mass is 10.1. The molecule has 0 saturated carbocycles. The molecule has 26 heavy (non-hydrogen) atoms. The second kappa shape index (κ2) is 7.59. The summed E-state index contributed by atoms with van der Waals surface area (Å²) >= 11 is 6.39. The van der Waals surface area contributed by atoms with Crippen LogP contribution in [-0.2, 0) is 23.8 Å². The van der Waals surface area contributed by atoms with Crippen LogP contribution < -0.4 is 4.90 Å². The average Bonchev–Trinajstić information content (AvgIpc) is 3.20. The fourth-order valence-corrected chi connectivity index (χ4v) is 2.89. The number of methoxy groups -OCH3 is 2. The number of imidazole rings is 1. The molecule has 2 heterocycles. The number of benzene rings is 1. The van der Waals surface area contributed by atoms with Crippen LogP contribution in [0.4, 0.5) is 5.69 Å². The Labute approximate surface area is 154 Å². The number of rotatable bonds is 4. The van der Waals surface area contributed by atoms with Crippen molar-refractivity contribution in [1.29, 1.82) is 0 Å². The SMILES string of the molecule is COC(=O)C1=C(C(=O)OC)N(c2ccc(-n3ccnc3)c(Cl)c2)COC1. The van der Waals surface area contributed by atoms with Crippen LogP contribution in [0.3, 0.4) is 0 Å². The monoisotopic (exact) mass is 377 g/mol. The molecule has 0 amide bonds. The third kappa shape index (κ3) is 3.29. The van der Waals surface area contributed by atoms with E-state index in [-0.39, 0.29) is 24.6 Å². The third-order valence-corrected chi connectivity index (χ3v) is 4.16. The quantitative estimate of drug-likeness (QED) is 0.753. The summed E-state index contributed by atoms with van der Waals surface area (Å²) in [5, 5.41) is 0.440. The molecule has 0 radical (unpaired) electrons. The molecule has 0 spiro atoms. The van der Waals surface area contributed by atoms with Crippen LogP contribution in [0.5, 0.6) is 0 Å². The maximum atomic E-state index is 12.3. The van der Waals surface area contributed by atoms with E-state index >= 15 is 0 Å². The van der Waals surface area contributed by atoms with E-state index in [1.54, 1.807) is 41.5 Å². The highest BCUT2D eigenvalue weighted by atomic mass is 35.5. The van der Waals surface area contributed by atoms with E-state index in [2.05, 4.69) is 4.98 Å². The van der Waals surface area contributed by atoms with E-state index in [0.717, 1.165) is 5.69 Å². The van der Waals surface area contributed by atoms with Crippen molar-refractivity contribution >= 4 is 29.2 Å². The van der Waals surface area contributed by atoms with Crippen molar-refractivity contribution < 1.29 is 23.8 Å². The molecule has 0 N–H and O–H groups in total. The van der Waals surface area contributed by atoms with Gasteiger partial charge in [0.25, 0.3) is 0 Å². The molecule has 0 fully saturated rings. The number of halogens is 1. The zero-order valence-corrected chi connectivity index (χ0v) is 14.9. The average molecular weight is 378 g/mol. The van der Waals surface area contributed by atoms with Gasteiger partial charge in [-0.25, -0.2) is 14.6 Å². The molecule has 0 bridgehead atoms. The van der Waals surface area contributed by atoms with Crippen molar-refractivity contribution in [2.24, 2.45) is 0 Å². The number of carbonyl (C=O) groups is 2.